The second kappa shape index (κ2) is 8.97. The summed E-state index contributed by atoms with van der Waals surface area (Å²) in [5.41, 5.74) is 5.84. The molecule has 0 aromatic rings. The standard InChI is InChI=1S/C13H31N3/c1-6-7-16(9-8-15(4)5)11-13(10-14)12(2)3/h12-13H,6-11,14H2,1-5H3. The lowest BCUT2D eigenvalue weighted by atomic mass is 9.95. The Bertz CT molecular complexity index is 157. The van der Waals surface area contributed by atoms with Gasteiger partial charge in [0.15, 0.2) is 0 Å². The van der Waals surface area contributed by atoms with E-state index in [0.29, 0.717) is 11.8 Å². The van der Waals surface area contributed by atoms with E-state index in [1.807, 2.05) is 0 Å². The van der Waals surface area contributed by atoms with Crippen LogP contribution < -0.4 is 5.73 Å². The minimum Gasteiger partial charge on any atom is -0.330 e. The van der Waals surface area contributed by atoms with Crippen molar-refractivity contribution in [1.82, 2.24) is 9.80 Å². The van der Waals surface area contributed by atoms with Crippen LogP contribution in [0.3, 0.4) is 0 Å². The average molecular weight is 229 g/mol. The van der Waals surface area contributed by atoms with Crippen LogP contribution in [-0.2, 0) is 0 Å². The molecule has 2 N–H and O–H groups in total. The van der Waals surface area contributed by atoms with Gasteiger partial charge in [-0.3, -0.25) is 0 Å². The van der Waals surface area contributed by atoms with Crippen molar-refractivity contribution in [3.05, 3.63) is 0 Å². The Morgan fingerprint density at radius 2 is 1.69 bits per heavy atom. The van der Waals surface area contributed by atoms with Crippen LogP contribution in [0.2, 0.25) is 0 Å². The number of hydrogen-bond acceptors (Lipinski definition) is 3. The van der Waals surface area contributed by atoms with E-state index in [-0.39, 0.29) is 0 Å². The van der Waals surface area contributed by atoms with Gasteiger partial charge in [0.1, 0.15) is 0 Å². The highest BCUT2D eigenvalue weighted by molar-refractivity contribution is 4.70. The second-order valence-electron chi connectivity index (χ2n) is 5.34. The lowest BCUT2D eigenvalue weighted by Gasteiger charge is -2.29. The number of rotatable bonds is 9. The molecule has 0 aliphatic rings. The molecule has 0 fully saturated rings. The zero-order valence-corrected chi connectivity index (χ0v) is 11.9. The Morgan fingerprint density at radius 3 is 2.06 bits per heavy atom. The quantitative estimate of drug-likeness (QED) is 0.650. The van der Waals surface area contributed by atoms with Crippen molar-refractivity contribution in [3.63, 3.8) is 0 Å². The van der Waals surface area contributed by atoms with E-state index < -0.39 is 0 Å². The Morgan fingerprint density at radius 1 is 1.06 bits per heavy atom. The van der Waals surface area contributed by atoms with Crippen molar-refractivity contribution in [2.45, 2.75) is 27.2 Å². The van der Waals surface area contributed by atoms with Crippen LogP contribution in [0.5, 0.6) is 0 Å². The van der Waals surface area contributed by atoms with Gasteiger partial charge in [-0.1, -0.05) is 20.8 Å². The molecule has 0 aromatic heterocycles. The summed E-state index contributed by atoms with van der Waals surface area (Å²) in [4.78, 5) is 4.80. The molecule has 0 rings (SSSR count). The van der Waals surface area contributed by atoms with Gasteiger partial charge in [0.05, 0.1) is 0 Å². The molecular weight excluding hydrogens is 198 g/mol. The number of nitrogens with two attached hydrogens (primary N) is 1. The second-order valence-corrected chi connectivity index (χ2v) is 5.34. The van der Waals surface area contributed by atoms with Gasteiger partial charge in [0.2, 0.25) is 0 Å². The molecule has 0 aromatic carbocycles. The van der Waals surface area contributed by atoms with Gasteiger partial charge < -0.3 is 15.5 Å². The van der Waals surface area contributed by atoms with E-state index in [0.717, 1.165) is 26.2 Å². The summed E-state index contributed by atoms with van der Waals surface area (Å²) in [6.45, 7) is 12.2. The van der Waals surface area contributed by atoms with Crippen LogP contribution in [0.25, 0.3) is 0 Å². The van der Waals surface area contributed by atoms with Gasteiger partial charge in [-0.2, -0.15) is 0 Å². The van der Waals surface area contributed by atoms with Crippen molar-refractivity contribution < 1.29 is 0 Å². The summed E-state index contributed by atoms with van der Waals surface area (Å²) in [7, 11) is 4.26. The fraction of sp³-hybridized carbons (Fsp3) is 1.00. The van der Waals surface area contributed by atoms with Crippen LogP contribution in [0.15, 0.2) is 0 Å². The zero-order valence-electron chi connectivity index (χ0n) is 11.9. The van der Waals surface area contributed by atoms with E-state index >= 15 is 0 Å². The van der Waals surface area contributed by atoms with Crippen LogP contribution >= 0.6 is 0 Å². The molecule has 0 bridgehead atoms. The molecule has 1 unspecified atom stereocenters. The molecule has 3 heteroatoms. The minimum atomic E-state index is 0.633. The highest BCUT2D eigenvalue weighted by Crippen LogP contribution is 2.11. The van der Waals surface area contributed by atoms with Crippen LogP contribution in [0.4, 0.5) is 0 Å². The normalized spacial score (nSPS) is 14.1. The molecule has 16 heavy (non-hydrogen) atoms. The van der Waals surface area contributed by atoms with Gasteiger partial charge in [-0.05, 0) is 45.4 Å². The summed E-state index contributed by atoms with van der Waals surface area (Å²) >= 11 is 0. The van der Waals surface area contributed by atoms with Crippen molar-refractivity contribution in [1.29, 1.82) is 0 Å². The monoisotopic (exact) mass is 229 g/mol. The summed E-state index contributed by atoms with van der Waals surface area (Å²) in [5.74, 6) is 1.32. The third-order valence-electron chi connectivity index (χ3n) is 3.14. The van der Waals surface area contributed by atoms with E-state index in [9.17, 15) is 0 Å². The number of hydrogen-bond donors (Lipinski definition) is 1. The highest BCUT2D eigenvalue weighted by atomic mass is 15.2. The summed E-state index contributed by atoms with van der Waals surface area (Å²) in [5, 5.41) is 0. The first-order valence-corrected chi connectivity index (χ1v) is 6.58. The van der Waals surface area contributed by atoms with Crippen molar-refractivity contribution in [3.8, 4) is 0 Å². The van der Waals surface area contributed by atoms with Crippen molar-refractivity contribution >= 4 is 0 Å². The SMILES string of the molecule is CCCN(CCN(C)C)CC(CN)C(C)C. The summed E-state index contributed by atoms with van der Waals surface area (Å²) in [6.07, 6.45) is 1.23. The minimum absolute atomic E-state index is 0.633. The largest absolute Gasteiger partial charge is 0.330 e. The Labute approximate surface area is 102 Å². The molecular formula is C13H31N3. The Kier molecular flexibility index (Phi) is 8.90. The molecule has 0 spiro atoms. The van der Waals surface area contributed by atoms with E-state index in [4.69, 9.17) is 5.73 Å². The predicted octanol–water partition coefficient (Wildman–Crippen LogP) is 1.49. The fourth-order valence-corrected chi connectivity index (χ4v) is 1.84. The van der Waals surface area contributed by atoms with Crippen LogP contribution in [-0.4, -0.2) is 56.6 Å². The van der Waals surface area contributed by atoms with Crippen molar-refractivity contribution in [2.75, 3.05) is 46.8 Å². The first kappa shape index (κ1) is 15.9. The lowest BCUT2D eigenvalue weighted by molar-refractivity contribution is 0.189. The first-order chi connectivity index (χ1) is 7.51. The van der Waals surface area contributed by atoms with Gasteiger partial charge in [-0.25, -0.2) is 0 Å². The molecule has 0 saturated carbocycles. The molecule has 0 heterocycles. The predicted molar refractivity (Wildman–Crippen MR) is 72.7 cm³/mol. The van der Waals surface area contributed by atoms with Gasteiger partial charge in [0, 0.05) is 19.6 Å². The molecule has 0 amide bonds. The molecule has 0 aliphatic carbocycles. The lowest BCUT2D eigenvalue weighted by Crippen LogP contribution is -2.39. The van der Waals surface area contributed by atoms with E-state index in [1.54, 1.807) is 0 Å². The molecule has 0 aliphatic heterocycles. The van der Waals surface area contributed by atoms with Gasteiger partial charge >= 0.3 is 0 Å². The highest BCUT2D eigenvalue weighted by Gasteiger charge is 2.15. The summed E-state index contributed by atoms with van der Waals surface area (Å²) in [6, 6.07) is 0. The maximum absolute atomic E-state index is 5.84. The summed E-state index contributed by atoms with van der Waals surface area (Å²) < 4.78 is 0. The molecule has 1 atom stereocenters. The average Bonchev–Trinajstić information content (AvgIpc) is 2.21. The van der Waals surface area contributed by atoms with Crippen molar-refractivity contribution in [2.24, 2.45) is 17.6 Å². The van der Waals surface area contributed by atoms with E-state index in [1.165, 1.54) is 13.0 Å². The topological polar surface area (TPSA) is 32.5 Å². The Hall–Kier alpha value is -0.120. The first-order valence-electron chi connectivity index (χ1n) is 6.58. The van der Waals surface area contributed by atoms with Crippen LogP contribution in [0.1, 0.15) is 27.2 Å². The molecule has 3 nitrogen and oxygen atoms in total. The third kappa shape index (κ3) is 7.20. The zero-order chi connectivity index (χ0) is 12.6. The van der Waals surface area contributed by atoms with Gasteiger partial charge in [-0.15, -0.1) is 0 Å². The van der Waals surface area contributed by atoms with Crippen LogP contribution in [0, 0.1) is 11.8 Å². The van der Waals surface area contributed by atoms with Gasteiger partial charge in [0.25, 0.3) is 0 Å². The smallest absolute Gasteiger partial charge is 0.0109 e. The maximum Gasteiger partial charge on any atom is 0.0109 e. The Balaban J connectivity index is 4.08. The number of likely N-dealkylation sites (N-methyl/N-ethyl adjacent to an activating group) is 1. The molecule has 98 valence electrons. The molecule has 0 radical (unpaired) electrons. The molecule has 0 saturated heterocycles. The van der Waals surface area contributed by atoms with E-state index in [2.05, 4.69) is 44.7 Å². The third-order valence-corrected chi connectivity index (χ3v) is 3.14. The fourth-order valence-electron chi connectivity index (χ4n) is 1.84. The number of nitrogens with zero attached hydrogens (tertiary/aromatic N) is 2. The maximum atomic E-state index is 5.84.